The fourth-order valence-electron chi connectivity index (χ4n) is 3.37. The van der Waals surface area contributed by atoms with E-state index in [4.69, 9.17) is 0 Å². The van der Waals surface area contributed by atoms with Crippen LogP contribution in [0.5, 0.6) is 0 Å². The molecule has 0 aliphatic heterocycles. The summed E-state index contributed by atoms with van der Waals surface area (Å²) in [4.78, 5) is 23.8. The molecule has 2 aliphatic carbocycles. The molecule has 0 bridgehead atoms. The van der Waals surface area contributed by atoms with Crippen molar-refractivity contribution in [2.45, 2.75) is 89.1 Å². The van der Waals surface area contributed by atoms with Crippen LogP contribution in [0.2, 0.25) is 0 Å². The number of carbonyl (C=O) groups excluding carboxylic acids is 2. The summed E-state index contributed by atoms with van der Waals surface area (Å²) in [6.07, 6.45) is 12.8. The Bertz CT molecular complexity index is 316. The molecule has 2 saturated carbocycles. The van der Waals surface area contributed by atoms with Crippen molar-refractivity contribution in [2.24, 2.45) is 0 Å². The second-order valence-corrected chi connectivity index (χ2v) is 6.34. The lowest BCUT2D eigenvalue weighted by atomic mass is 9.95. The molecule has 2 fully saturated rings. The summed E-state index contributed by atoms with van der Waals surface area (Å²) >= 11 is 0. The van der Waals surface area contributed by atoms with Crippen LogP contribution in [0.1, 0.15) is 77.0 Å². The third kappa shape index (κ3) is 5.51. The zero-order valence-corrected chi connectivity index (χ0v) is 12.5. The highest BCUT2D eigenvalue weighted by molar-refractivity contribution is 5.97. The van der Waals surface area contributed by atoms with Gasteiger partial charge in [-0.15, -0.1) is 0 Å². The summed E-state index contributed by atoms with van der Waals surface area (Å²) in [5.74, 6) is -0.215. The molecule has 0 spiro atoms. The van der Waals surface area contributed by atoms with Gasteiger partial charge >= 0.3 is 0 Å². The van der Waals surface area contributed by atoms with Crippen molar-refractivity contribution in [2.75, 3.05) is 0 Å². The average Bonchev–Trinajstić information content (AvgIpc) is 2.68. The molecule has 4 nitrogen and oxygen atoms in total. The molecule has 20 heavy (non-hydrogen) atoms. The molecule has 114 valence electrons. The molecular formula is C16H28N2O2. The maximum atomic E-state index is 11.9. The summed E-state index contributed by atoms with van der Waals surface area (Å²) in [7, 11) is 0. The first-order valence-corrected chi connectivity index (χ1v) is 8.33. The number of hydrogen-bond acceptors (Lipinski definition) is 2. The minimum absolute atomic E-state index is 0.00694. The number of amides is 2. The third-order valence-corrected chi connectivity index (χ3v) is 4.51. The maximum absolute atomic E-state index is 11.9. The lowest BCUT2D eigenvalue weighted by Crippen LogP contribution is -2.41. The van der Waals surface area contributed by atoms with Gasteiger partial charge in [0.2, 0.25) is 11.8 Å². The molecule has 4 heteroatoms. The van der Waals surface area contributed by atoms with E-state index in [0.717, 1.165) is 25.7 Å². The molecule has 0 aromatic carbocycles. The van der Waals surface area contributed by atoms with E-state index >= 15 is 0 Å². The minimum atomic E-state index is -0.108. The standard InChI is InChI=1S/C16H28N2O2/c19-15(17-13-8-4-1-2-5-9-13)12-16(20)18-14-10-6-3-7-11-14/h13-14H,1-12H2,(H,17,19)(H,18,20). The van der Waals surface area contributed by atoms with E-state index < -0.39 is 0 Å². The van der Waals surface area contributed by atoms with Crippen molar-refractivity contribution < 1.29 is 9.59 Å². The largest absolute Gasteiger partial charge is 0.353 e. The highest BCUT2D eigenvalue weighted by atomic mass is 16.2. The second kappa shape index (κ2) is 8.28. The average molecular weight is 280 g/mol. The normalized spacial score (nSPS) is 22.0. The van der Waals surface area contributed by atoms with Gasteiger partial charge < -0.3 is 10.6 Å². The number of carbonyl (C=O) groups is 2. The van der Waals surface area contributed by atoms with Crippen molar-refractivity contribution in [3.63, 3.8) is 0 Å². The van der Waals surface area contributed by atoms with Crippen LogP contribution in [0.15, 0.2) is 0 Å². The van der Waals surface area contributed by atoms with Crippen LogP contribution >= 0.6 is 0 Å². The molecule has 0 unspecified atom stereocenters. The van der Waals surface area contributed by atoms with E-state index in [0.29, 0.717) is 6.04 Å². The van der Waals surface area contributed by atoms with Gasteiger partial charge in [0.05, 0.1) is 0 Å². The van der Waals surface area contributed by atoms with E-state index in [2.05, 4.69) is 10.6 Å². The van der Waals surface area contributed by atoms with Gasteiger partial charge in [0.15, 0.2) is 0 Å². The van der Waals surface area contributed by atoms with Crippen LogP contribution in [0.4, 0.5) is 0 Å². The number of rotatable bonds is 4. The van der Waals surface area contributed by atoms with E-state index in [1.54, 1.807) is 0 Å². The van der Waals surface area contributed by atoms with Gasteiger partial charge in [0.1, 0.15) is 6.42 Å². The Kier molecular flexibility index (Phi) is 6.34. The van der Waals surface area contributed by atoms with Gasteiger partial charge in [-0.2, -0.15) is 0 Å². The number of hydrogen-bond donors (Lipinski definition) is 2. The zero-order chi connectivity index (χ0) is 14.2. The lowest BCUT2D eigenvalue weighted by Gasteiger charge is -2.23. The van der Waals surface area contributed by atoms with Crippen molar-refractivity contribution in [3.8, 4) is 0 Å². The molecule has 0 atom stereocenters. The molecule has 0 saturated heterocycles. The molecule has 2 N–H and O–H groups in total. The minimum Gasteiger partial charge on any atom is -0.353 e. The molecule has 2 rings (SSSR count). The van der Waals surface area contributed by atoms with Gasteiger partial charge in [-0.05, 0) is 25.7 Å². The van der Waals surface area contributed by atoms with E-state index in [1.807, 2.05) is 0 Å². The van der Waals surface area contributed by atoms with E-state index in [-0.39, 0.29) is 24.3 Å². The van der Waals surface area contributed by atoms with E-state index in [1.165, 1.54) is 44.9 Å². The Morgan fingerprint density at radius 1 is 0.650 bits per heavy atom. The van der Waals surface area contributed by atoms with Crippen LogP contribution in [-0.4, -0.2) is 23.9 Å². The molecule has 0 aromatic heterocycles. The van der Waals surface area contributed by atoms with Gasteiger partial charge in [0.25, 0.3) is 0 Å². The Balaban J connectivity index is 1.66. The van der Waals surface area contributed by atoms with Gasteiger partial charge in [-0.1, -0.05) is 44.9 Å². The van der Waals surface area contributed by atoms with Crippen LogP contribution < -0.4 is 10.6 Å². The third-order valence-electron chi connectivity index (χ3n) is 4.51. The molecule has 0 aromatic rings. The van der Waals surface area contributed by atoms with Crippen molar-refractivity contribution in [1.29, 1.82) is 0 Å². The lowest BCUT2D eigenvalue weighted by molar-refractivity contribution is -0.130. The Labute approximate surface area is 122 Å². The Hall–Kier alpha value is -1.06. The fraction of sp³-hybridized carbons (Fsp3) is 0.875. The Morgan fingerprint density at radius 2 is 1.00 bits per heavy atom. The summed E-state index contributed by atoms with van der Waals surface area (Å²) in [6, 6.07) is 0.578. The first-order valence-electron chi connectivity index (χ1n) is 8.33. The van der Waals surface area contributed by atoms with Crippen LogP contribution in [0, 0.1) is 0 Å². The smallest absolute Gasteiger partial charge is 0.229 e. The van der Waals surface area contributed by atoms with Crippen LogP contribution in [-0.2, 0) is 9.59 Å². The number of nitrogens with one attached hydrogen (secondary N) is 2. The fourth-order valence-corrected chi connectivity index (χ4v) is 3.37. The van der Waals surface area contributed by atoms with Crippen LogP contribution in [0.25, 0.3) is 0 Å². The van der Waals surface area contributed by atoms with Gasteiger partial charge in [0, 0.05) is 12.1 Å². The van der Waals surface area contributed by atoms with Crippen LogP contribution in [0.3, 0.4) is 0 Å². The van der Waals surface area contributed by atoms with Gasteiger partial charge in [-0.3, -0.25) is 9.59 Å². The van der Waals surface area contributed by atoms with E-state index in [9.17, 15) is 9.59 Å². The highest BCUT2D eigenvalue weighted by Gasteiger charge is 2.19. The summed E-state index contributed by atoms with van der Waals surface area (Å²) in [6.45, 7) is 0. The van der Waals surface area contributed by atoms with Crippen molar-refractivity contribution in [3.05, 3.63) is 0 Å². The quantitative estimate of drug-likeness (QED) is 0.614. The van der Waals surface area contributed by atoms with Gasteiger partial charge in [-0.25, -0.2) is 0 Å². The molecule has 2 amide bonds. The predicted molar refractivity (Wildman–Crippen MR) is 79.3 cm³/mol. The van der Waals surface area contributed by atoms with Crippen molar-refractivity contribution in [1.82, 2.24) is 10.6 Å². The summed E-state index contributed by atoms with van der Waals surface area (Å²) in [5, 5.41) is 6.03. The topological polar surface area (TPSA) is 58.2 Å². The Morgan fingerprint density at radius 3 is 1.40 bits per heavy atom. The first-order chi connectivity index (χ1) is 9.74. The predicted octanol–water partition coefficient (Wildman–Crippen LogP) is 2.66. The maximum Gasteiger partial charge on any atom is 0.229 e. The SMILES string of the molecule is O=C(CC(=O)NC1CCCCC1)NC1CCCCCC1. The summed E-state index contributed by atoms with van der Waals surface area (Å²) < 4.78 is 0. The molecular weight excluding hydrogens is 252 g/mol. The molecule has 2 aliphatic rings. The monoisotopic (exact) mass is 280 g/mol. The second-order valence-electron chi connectivity index (χ2n) is 6.34. The van der Waals surface area contributed by atoms with Crippen molar-refractivity contribution >= 4 is 11.8 Å². The molecule has 0 radical (unpaired) electrons. The molecule has 0 heterocycles. The summed E-state index contributed by atoms with van der Waals surface area (Å²) in [5.41, 5.74) is 0. The highest BCUT2D eigenvalue weighted by Crippen LogP contribution is 2.18. The first kappa shape index (κ1) is 15.3. The zero-order valence-electron chi connectivity index (χ0n) is 12.5.